The highest BCUT2D eigenvalue weighted by Crippen LogP contribution is 2.23. The summed E-state index contributed by atoms with van der Waals surface area (Å²) < 4.78 is 1.50. The number of rotatable bonds is 5. The van der Waals surface area contributed by atoms with Crippen molar-refractivity contribution in [2.45, 2.75) is 20.0 Å². The molecule has 1 aromatic heterocycles. The van der Waals surface area contributed by atoms with Gasteiger partial charge in [-0.1, -0.05) is 34.5 Å². The van der Waals surface area contributed by atoms with Gasteiger partial charge in [-0.25, -0.2) is 4.68 Å². The van der Waals surface area contributed by atoms with E-state index in [4.69, 9.17) is 23.2 Å². The maximum absolute atomic E-state index is 12.2. The minimum absolute atomic E-state index is 0.0240. The first-order valence-electron chi connectivity index (χ1n) is 6.16. The van der Waals surface area contributed by atoms with Crippen LogP contribution in [0.1, 0.15) is 12.5 Å². The molecule has 20 heavy (non-hydrogen) atoms. The van der Waals surface area contributed by atoms with Gasteiger partial charge in [-0.05, 0) is 24.6 Å². The summed E-state index contributed by atoms with van der Waals surface area (Å²) >= 11 is 11.9. The third kappa shape index (κ3) is 3.71. The van der Waals surface area contributed by atoms with E-state index in [1.807, 2.05) is 13.0 Å². The van der Waals surface area contributed by atoms with E-state index in [1.165, 1.54) is 4.68 Å². The first-order valence-corrected chi connectivity index (χ1v) is 6.91. The molecule has 0 saturated heterocycles. The third-order valence-corrected chi connectivity index (χ3v) is 3.60. The summed E-state index contributed by atoms with van der Waals surface area (Å²) in [7, 11) is 0. The van der Waals surface area contributed by atoms with Crippen molar-refractivity contribution in [3.8, 4) is 0 Å². The van der Waals surface area contributed by atoms with Gasteiger partial charge >= 0.3 is 0 Å². The van der Waals surface area contributed by atoms with Crippen molar-refractivity contribution in [3.63, 3.8) is 0 Å². The molecular weight excluding hydrogens is 299 g/mol. The predicted molar refractivity (Wildman–Crippen MR) is 77.6 cm³/mol. The number of hydrogen-bond donors (Lipinski definition) is 0. The number of carbonyl (C=O) groups excluding carboxylic acids is 1. The van der Waals surface area contributed by atoms with Crippen LogP contribution in [0, 0.1) is 0 Å². The SMILES string of the molecule is CCN(Cc1ccc(Cl)c(Cl)c1)C(=O)Cn1ccnn1. The van der Waals surface area contributed by atoms with Crippen LogP contribution in [0.2, 0.25) is 10.0 Å². The Morgan fingerprint density at radius 3 is 2.75 bits per heavy atom. The molecule has 0 radical (unpaired) electrons. The fourth-order valence-corrected chi connectivity index (χ4v) is 2.11. The van der Waals surface area contributed by atoms with Gasteiger partial charge in [0, 0.05) is 19.3 Å². The Kier molecular flexibility index (Phi) is 4.98. The number of benzene rings is 1. The Morgan fingerprint density at radius 1 is 1.35 bits per heavy atom. The molecule has 0 aliphatic heterocycles. The minimum atomic E-state index is -0.0240. The van der Waals surface area contributed by atoms with E-state index in [0.717, 1.165) is 5.56 Å². The van der Waals surface area contributed by atoms with Crippen molar-refractivity contribution < 1.29 is 4.79 Å². The Hall–Kier alpha value is -1.59. The van der Waals surface area contributed by atoms with E-state index >= 15 is 0 Å². The van der Waals surface area contributed by atoms with Crippen molar-refractivity contribution in [1.29, 1.82) is 0 Å². The molecule has 0 atom stereocenters. The van der Waals surface area contributed by atoms with Gasteiger partial charge in [-0.3, -0.25) is 4.79 Å². The lowest BCUT2D eigenvalue weighted by molar-refractivity contribution is -0.132. The molecule has 0 fully saturated rings. The van der Waals surface area contributed by atoms with Crippen molar-refractivity contribution in [1.82, 2.24) is 19.9 Å². The van der Waals surface area contributed by atoms with E-state index in [1.54, 1.807) is 29.4 Å². The molecule has 0 aliphatic rings. The molecule has 0 saturated carbocycles. The first-order chi connectivity index (χ1) is 9.60. The van der Waals surface area contributed by atoms with Crippen molar-refractivity contribution in [2.75, 3.05) is 6.54 Å². The molecule has 7 heteroatoms. The summed E-state index contributed by atoms with van der Waals surface area (Å²) in [6.07, 6.45) is 3.20. The monoisotopic (exact) mass is 312 g/mol. The Labute approximate surface area is 127 Å². The average Bonchev–Trinajstić information content (AvgIpc) is 2.92. The van der Waals surface area contributed by atoms with Crippen LogP contribution in [0.15, 0.2) is 30.6 Å². The second-order valence-electron chi connectivity index (χ2n) is 4.26. The molecule has 5 nitrogen and oxygen atoms in total. The number of amides is 1. The van der Waals surface area contributed by atoms with Gasteiger partial charge in [0.05, 0.1) is 16.2 Å². The normalized spacial score (nSPS) is 10.6. The summed E-state index contributed by atoms with van der Waals surface area (Å²) in [5.41, 5.74) is 0.938. The molecule has 0 unspecified atom stereocenters. The second kappa shape index (κ2) is 6.72. The topological polar surface area (TPSA) is 51.0 Å². The van der Waals surface area contributed by atoms with Crippen LogP contribution in [0.4, 0.5) is 0 Å². The summed E-state index contributed by atoms with van der Waals surface area (Å²) in [4.78, 5) is 13.9. The highest BCUT2D eigenvalue weighted by molar-refractivity contribution is 6.42. The predicted octanol–water partition coefficient (Wildman–Crippen LogP) is 2.63. The van der Waals surface area contributed by atoms with Crippen LogP contribution < -0.4 is 0 Å². The van der Waals surface area contributed by atoms with Crippen LogP contribution in [-0.2, 0) is 17.9 Å². The molecular formula is C13H14Cl2N4O. The first kappa shape index (κ1) is 14.8. The summed E-state index contributed by atoms with van der Waals surface area (Å²) in [6, 6.07) is 5.36. The number of aromatic nitrogens is 3. The Morgan fingerprint density at radius 2 is 2.15 bits per heavy atom. The van der Waals surface area contributed by atoms with E-state index in [9.17, 15) is 4.79 Å². The quantitative estimate of drug-likeness (QED) is 0.852. The zero-order chi connectivity index (χ0) is 14.5. The molecule has 106 valence electrons. The number of carbonyl (C=O) groups is 1. The lowest BCUT2D eigenvalue weighted by Gasteiger charge is -2.21. The molecule has 1 amide bonds. The lowest BCUT2D eigenvalue weighted by Crippen LogP contribution is -2.33. The Balaban J connectivity index is 2.04. The van der Waals surface area contributed by atoms with E-state index in [-0.39, 0.29) is 12.5 Å². The van der Waals surface area contributed by atoms with Crippen LogP contribution >= 0.6 is 23.2 Å². The summed E-state index contributed by atoms with van der Waals surface area (Å²) in [5, 5.41) is 8.46. The molecule has 0 bridgehead atoms. The highest BCUT2D eigenvalue weighted by atomic mass is 35.5. The van der Waals surface area contributed by atoms with Gasteiger partial charge in [0.25, 0.3) is 0 Å². The van der Waals surface area contributed by atoms with Crippen LogP contribution in [0.25, 0.3) is 0 Å². The molecule has 1 aromatic carbocycles. The van der Waals surface area contributed by atoms with Gasteiger partial charge in [0.2, 0.25) is 5.91 Å². The van der Waals surface area contributed by atoms with Gasteiger partial charge in [-0.2, -0.15) is 0 Å². The van der Waals surface area contributed by atoms with Crippen LogP contribution in [0.3, 0.4) is 0 Å². The summed E-state index contributed by atoms with van der Waals surface area (Å²) in [5.74, 6) is -0.0240. The molecule has 2 aromatic rings. The average molecular weight is 313 g/mol. The van der Waals surface area contributed by atoms with E-state index < -0.39 is 0 Å². The Bertz CT molecular complexity index is 586. The maximum atomic E-state index is 12.2. The fourth-order valence-electron chi connectivity index (χ4n) is 1.79. The third-order valence-electron chi connectivity index (χ3n) is 2.86. The summed E-state index contributed by atoms with van der Waals surface area (Å²) in [6.45, 7) is 3.20. The highest BCUT2D eigenvalue weighted by Gasteiger charge is 2.13. The van der Waals surface area contributed by atoms with Crippen LogP contribution in [0.5, 0.6) is 0 Å². The van der Waals surface area contributed by atoms with Gasteiger partial charge in [-0.15, -0.1) is 5.10 Å². The number of halogens is 2. The van der Waals surface area contributed by atoms with Gasteiger partial charge < -0.3 is 4.90 Å². The molecule has 2 rings (SSSR count). The second-order valence-corrected chi connectivity index (χ2v) is 5.07. The fraction of sp³-hybridized carbons (Fsp3) is 0.308. The van der Waals surface area contributed by atoms with Crippen molar-refractivity contribution in [3.05, 3.63) is 46.2 Å². The van der Waals surface area contributed by atoms with E-state index in [2.05, 4.69) is 10.3 Å². The standard InChI is InChI=1S/C13H14Cl2N4O/c1-2-18(13(20)9-19-6-5-16-17-19)8-10-3-4-11(14)12(15)7-10/h3-7H,2,8-9H2,1H3. The van der Waals surface area contributed by atoms with Gasteiger partial charge in [0.1, 0.15) is 6.54 Å². The lowest BCUT2D eigenvalue weighted by atomic mass is 10.2. The molecule has 0 aliphatic carbocycles. The molecule has 0 spiro atoms. The number of nitrogens with zero attached hydrogens (tertiary/aromatic N) is 4. The zero-order valence-corrected chi connectivity index (χ0v) is 12.5. The molecule has 1 heterocycles. The van der Waals surface area contributed by atoms with Crippen molar-refractivity contribution in [2.24, 2.45) is 0 Å². The number of hydrogen-bond acceptors (Lipinski definition) is 3. The smallest absolute Gasteiger partial charge is 0.244 e. The maximum Gasteiger partial charge on any atom is 0.244 e. The van der Waals surface area contributed by atoms with E-state index in [0.29, 0.717) is 23.1 Å². The molecule has 0 N–H and O–H groups in total. The van der Waals surface area contributed by atoms with Gasteiger partial charge in [0.15, 0.2) is 0 Å². The van der Waals surface area contributed by atoms with Crippen LogP contribution in [-0.4, -0.2) is 32.3 Å². The zero-order valence-electron chi connectivity index (χ0n) is 11.0. The largest absolute Gasteiger partial charge is 0.337 e. The minimum Gasteiger partial charge on any atom is -0.337 e. The number of likely N-dealkylation sites (N-methyl/N-ethyl adjacent to an activating group) is 1. The van der Waals surface area contributed by atoms with Crippen molar-refractivity contribution >= 4 is 29.1 Å².